The van der Waals surface area contributed by atoms with Crippen LogP contribution in [0, 0.1) is 0 Å². The van der Waals surface area contributed by atoms with Gasteiger partial charge in [-0.2, -0.15) is 0 Å². The summed E-state index contributed by atoms with van der Waals surface area (Å²) in [7, 11) is 3.66. The van der Waals surface area contributed by atoms with Crippen molar-refractivity contribution in [2.24, 2.45) is 0 Å². The van der Waals surface area contributed by atoms with E-state index in [1.165, 1.54) is 4.70 Å². The third-order valence-electron chi connectivity index (χ3n) is 4.53. The number of methoxy groups -OCH3 is 1. The van der Waals surface area contributed by atoms with Crippen molar-refractivity contribution in [2.45, 2.75) is 19.5 Å². The molecule has 0 fully saturated rings. The van der Waals surface area contributed by atoms with Gasteiger partial charge in [0.1, 0.15) is 11.8 Å². The van der Waals surface area contributed by atoms with Crippen LogP contribution in [0.1, 0.15) is 23.5 Å². The lowest BCUT2D eigenvalue weighted by Gasteiger charge is -2.19. The standard InChI is InChI=1S/C20H23N3O2S/c1-14(20-22-16-9-5-7-11-18(16)26-20)23(2)13-19(24)21-12-15-8-4-6-10-17(15)25-3/h4-11,14H,12-13H2,1-3H3,(H,21,24)/p+1/t14-/m1/s1. The molecule has 0 bridgehead atoms. The van der Waals surface area contributed by atoms with E-state index in [1.54, 1.807) is 18.4 Å². The first-order valence-corrected chi connectivity index (χ1v) is 9.46. The van der Waals surface area contributed by atoms with Gasteiger partial charge in [0.2, 0.25) is 0 Å². The van der Waals surface area contributed by atoms with Crippen molar-refractivity contribution in [2.75, 3.05) is 20.7 Å². The summed E-state index contributed by atoms with van der Waals surface area (Å²) in [5.74, 6) is 0.803. The Morgan fingerprint density at radius 1 is 1.23 bits per heavy atom. The van der Waals surface area contributed by atoms with Crippen LogP contribution in [0.25, 0.3) is 10.2 Å². The van der Waals surface area contributed by atoms with Gasteiger partial charge in [0.05, 0.1) is 24.4 Å². The fraction of sp³-hybridized carbons (Fsp3) is 0.300. The third kappa shape index (κ3) is 4.20. The average Bonchev–Trinajstić information content (AvgIpc) is 3.10. The summed E-state index contributed by atoms with van der Waals surface area (Å²) in [5, 5.41) is 4.04. The predicted molar refractivity (Wildman–Crippen MR) is 105 cm³/mol. The molecule has 5 nitrogen and oxygen atoms in total. The molecule has 0 spiro atoms. The fourth-order valence-electron chi connectivity index (χ4n) is 2.80. The number of ether oxygens (including phenoxy) is 1. The number of nitrogens with one attached hydrogen (secondary N) is 2. The van der Waals surface area contributed by atoms with Crippen LogP contribution in [0.5, 0.6) is 5.75 Å². The fourth-order valence-corrected chi connectivity index (χ4v) is 3.91. The maximum atomic E-state index is 12.3. The van der Waals surface area contributed by atoms with Crippen LogP contribution in [0.4, 0.5) is 0 Å². The molecular weight excluding hydrogens is 346 g/mol. The predicted octanol–water partition coefficient (Wildman–Crippen LogP) is 2.20. The maximum Gasteiger partial charge on any atom is 0.275 e. The molecule has 26 heavy (non-hydrogen) atoms. The lowest BCUT2D eigenvalue weighted by Crippen LogP contribution is -3.10. The first-order valence-electron chi connectivity index (χ1n) is 8.65. The lowest BCUT2D eigenvalue weighted by molar-refractivity contribution is -0.902. The zero-order valence-corrected chi connectivity index (χ0v) is 16.1. The number of para-hydroxylation sites is 2. The molecule has 0 aliphatic carbocycles. The van der Waals surface area contributed by atoms with E-state index in [2.05, 4.69) is 18.3 Å². The Balaban J connectivity index is 1.58. The quantitative estimate of drug-likeness (QED) is 0.670. The first-order chi connectivity index (χ1) is 12.6. The molecule has 3 aromatic rings. The summed E-state index contributed by atoms with van der Waals surface area (Å²) in [5.41, 5.74) is 1.99. The van der Waals surface area contributed by atoms with Crippen molar-refractivity contribution in [1.82, 2.24) is 10.3 Å². The van der Waals surface area contributed by atoms with E-state index in [1.807, 2.05) is 49.5 Å². The molecule has 6 heteroatoms. The minimum absolute atomic E-state index is 0.0152. The Labute approximate surface area is 157 Å². The van der Waals surface area contributed by atoms with Crippen LogP contribution in [-0.4, -0.2) is 31.6 Å². The van der Waals surface area contributed by atoms with E-state index in [-0.39, 0.29) is 11.9 Å². The smallest absolute Gasteiger partial charge is 0.275 e. The van der Waals surface area contributed by atoms with E-state index >= 15 is 0 Å². The van der Waals surface area contributed by atoms with Gasteiger partial charge in [0, 0.05) is 12.1 Å². The van der Waals surface area contributed by atoms with Gasteiger partial charge < -0.3 is 15.0 Å². The second kappa shape index (κ2) is 8.29. The van der Waals surface area contributed by atoms with Gasteiger partial charge >= 0.3 is 0 Å². The number of carbonyl (C=O) groups excluding carboxylic acids is 1. The monoisotopic (exact) mass is 370 g/mol. The van der Waals surface area contributed by atoms with Gasteiger partial charge in [0.25, 0.3) is 5.91 Å². The van der Waals surface area contributed by atoms with Crippen LogP contribution < -0.4 is 15.0 Å². The highest BCUT2D eigenvalue weighted by Gasteiger charge is 2.22. The van der Waals surface area contributed by atoms with Crippen molar-refractivity contribution < 1.29 is 14.4 Å². The van der Waals surface area contributed by atoms with E-state index < -0.39 is 0 Å². The maximum absolute atomic E-state index is 12.3. The summed E-state index contributed by atoms with van der Waals surface area (Å²) in [6.07, 6.45) is 0. The van der Waals surface area contributed by atoms with Crippen LogP contribution in [-0.2, 0) is 11.3 Å². The Kier molecular flexibility index (Phi) is 5.85. The third-order valence-corrected chi connectivity index (χ3v) is 5.75. The normalized spacial score (nSPS) is 13.3. The summed E-state index contributed by atoms with van der Waals surface area (Å²) in [6.45, 7) is 2.97. The molecule has 2 N–H and O–H groups in total. The van der Waals surface area contributed by atoms with Crippen LogP contribution in [0.3, 0.4) is 0 Å². The molecule has 2 aromatic carbocycles. The van der Waals surface area contributed by atoms with E-state index in [9.17, 15) is 4.79 Å². The lowest BCUT2D eigenvalue weighted by atomic mass is 10.2. The van der Waals surface area contributed by atoms with E-state index in [4.69, 9.17) is 9.72 Å². The number of thiazole rings is 1. The molecule has 0 aliphatic heterocycles. The number of aromatic nitrogens is 1. The van der Waals surface area contributed by atoms with Gasteiger partial charge in [-0.1, -0.05) is 30.3 Å². The minimum Gasteiger partial charge on any atom is -0.496 e. The van der Waals surface area contributed by atoms with Gasteiger partial charge in [-0.25, -0.2) is 4.98 Å². The zero-order chi connectivity index (χ0) is 18.5. The molecule has 2 atom stereocenters. The largest absolute Gasteiger partial charge is 0.496 e. The van der Waals surface area contributed by atoms with Crippen molar-refractivity contribution in [1.29, 1.82) is 0 Å². The highest BCUT2D eigenvalue weighted by atomic mass is 32.1. The SMILES string of the molecule is COc1ccccc1CNC(=O)C[NH+](C)[C@H](C)c1nc2ccccc2s1. The summed E-state index contributed by atoms with van der Waals surface area (Å²) >= 11 is 1.70. The summed E-state index contributed by atoms with van der Waals surface area (Å²) in [6, 6.07) is 16.0. The van der Waals surface area contributed by atoms with Crippen LogP contribution in [0.2, 0.25) is 0 Å². The Morgan fingerprint density at radius 3 is 2.73 bits per heavy atom. The molecule has 0 saturated carbocycles. The number of carbonyl (C=O) groups is 1. The molecule has 136 valence electrons. The summed E-state index contributed by atoms with van der Waals surface area (Å²) in [4.78, 5) is 18.2. The zero-order valence-electron chi connectivity index (χ0n) is 15.3. The highest BCUT2D eigenvalue weighted by molar-refractivity contribution is 7.18. The second-order valence-electron chi connectivity index (χ2n) is 6.35. The molecule has 0 radical (unpaired) electrons. The topological polar surface area (TPSA) is 55.7 Å². The van der Waals surface area contributed by atoms with Gasteiger partial charge in [-0.05, 0) is 25.1 Å². The molecule has 1 heterocycles. The Hall–Kier alpha value is -2.44. The molecule has 0 saturated heterocycles. The number of nitrogens with zero attached hydrogens (tertiary/aromatic N) is 1. The number of fused-ring (bicyclic) bond motifs is 1. The summed E-state index contributed by atoms with van der Waals surface area (Å²) < 4.78 is 6.50. The highest BCUT2D eigenvalue weighted by Crippen LogP contribution is 2.24. The second-order valence-corrected chi connectivity index (χ2v) is 7.42. The molecular formula is C20H24N3O2S+. The van der Waals surface area contributed by atoms with E-state index in [0.717, 1.165) is 26.7 Å². The molecule has 1 unspecified atom stereocenters. The number of rotatable bonds is 7. The van der Waals surface area contributed by atoms with Crippen molar-refractivity contribution in [3.05, 3.63) is 59.1 Å². The number of likely N-dealkylation sites (N-methyl/N-ethyl adjacent to an activating group) is 1. The van der Waals surface area contributed by atoms with Gasteiger partial charge in [-0.3, -0.25) is 4.79 Å². The van der Waals surface area contributed by atoms with Crippen LogP contribution >= 0.6 is 11.3 Å². The molecule has 1 amide bonds. The van der Waals surface area contributed by atoms with Gasteiger partial charge in [-0.15, -0.1) is 11.3 Å². The number of hydrogen-bond acceptors (Lipinski definition) is 4. The van der Waals surface area contributed by atoms with Crippen molar-refractivity contribution >= 4 is 27.5 Å². The van der Waals surface area contributed by atoms with E-state index in [0.29, 0.717) is 13.1 Å². The number of hydrogen-bond donors (Lipinski definition) is 2. The molecule has 3 rings (SSSR count). The van der Waals surface area contributed by atoms with Crippen LogP contribution in [0.15, 0.2) is 48.5 Å². The number of amides is 1. The molecule has 0 aliphatic rings. The average molecular weight is 370 g/mol. The van der Waals surface area contributed by atoms with Crippen molar-refractivity contribution in [3.63, 3.8) is 0 Å². The number of benzene rings is 2. The molecule has 1 aromatic heterocycles. The minimum atomic E-state index is 0.0152. The first kappa shape index (κ1) is 18.4. The number of quaternary nitrogens is 1. The van der Waals surface area contributed by atoms with Crippen molar-refractivity contribution in [3.8, 4) is 5.75 Å². The van der Waals surface area contributed by atoms with Gasteiger partial charge in [0.15, 0.2) is 11.6 Å². The Morgan fingerprint density at radius 2 is 1.96 bits per heavy atom. The Bertz CT molecular complexity index is 860.